The largest absolute Gasteiger partial charge is 0.445 e. The van der Waals surface area contributed by atoms with E-state index in [1.807, 2.05) is 30.3 Å². The fourth-order valence-corrected chi connectivity index (χ4v) is 2.37. The number of aliphatic hydroxyl groups excluding tert-OH is 2. The number of hydrogen-bond donors (Lipinski definition) is 4. The molecule has 7 nitrogen and oxygen atoms in total. The summed E-state index contributed by atoms with van der Waals surface area (Å²) in [4.78, 5) is 25.4. The first-order valence-corrected chi connectivity index (χ1v) is 7.98. The van der Waals surface area contributed by atoms with Gasteiger partial charge in [-0.25, -0.2) is 4.79 Å². The molecule has 7 heteroatoms. The lowest BCUT2D eigenvalue weighted by Crippen LogP contribution is -2.30. The molecule has 1 amide bonds. The molecule has 2 unspecified atom stereocenters. The standard InChI is InChI=1S/C18H22N2O5/c1-12-14(7-8-16(22)20-12)17(23)15(21)9-10-19-18(24)25-11-13-5-3-2-4-6-13/h2-8,15,17,21,23H,9-11H2,1H3,(H,19,24)(H,20,22). The van der Waals surface area contributed by atoms with Gasteiger partial charge >= 0.3 is 6.09 Å². The number of carbonyl (C=O) groups excluding carboxylic acids is 1. The van der Waals surface area contributed by atoms with E-state index >= 15 is 0 Å². The monoisotopic (exact) mass is 346 g/mol. The van der Waals surface area contributed by atoms with Crippen LogP contribution in [-0.4, -0.2) is 33.9 Å². The predicted molar refractivity (Wildman–Crippen MR) is 92.0 cm³/mol. The van der Waals surface area contributed by atoms with Gasteiger partial charge in [0.2, 0.25) is 5.56 Å². The highest BCUT2D eigenvalue weighted by atomic mass is 16.5. The van der Waals surface area contributed by atoms with E-state index in [4.69, 9.17) is 4.74 Å². The summed E-state index contributed by atoms with van der Waals surface area (Å²) in [5, 5.41) is 22.7. The molecule has 1 heterocycles. The Balaban J connectivity index is 1.74. The molecule has 1 aromatic carbocycles. The lowest BCUT2D eigenvalue weighted by Gasteiger charge is -2.19. The third kappa shape index (κ3) is 5.74. The number of amides is 1. The van der Waals surface area contributed by atoms with E-state index in [0.717, 1.165) is 5.56 Å². The van der Waals surface area contributed by atoms with Gasteiger partial charge in [-0.1, -0.05) is 30.3 Å². The summed E-state index contributed by atoms with van der Waals surface area (Å²) in [6.45, 7) is 1.95. The lowest BCUT2D eigenvalue weighted by molar-refractivity contribution is 0.0130. The minimum atomic E-state index is -1.15. The van der Waals surface area contributed by atoms with E-state index in [0.29, 0.717) is 11.3 Å². The molecule has 2 aromatic rings. The molecule has 0 spiro atoms. The molecule has 2 rings (SSSR count). The molecule has 0 aliphatic carbocycles. The van der Waals surface area contributed by atoms with Crippen molar-refractivity contribution in [2.24, 2.45) is 0 Å². The molecular formula is C18H22N2O5. The Morgan fingerprint density at radius 2 is 1.92 bits per heavy atom. The number of nitrogens with one attached hydrogen (secondary N) is 2. The zero-order valence-corrected chi connectivity index (χ0v) is 13.9. The second-order valence-corrected chi connectivity index (χ2v) is 5.69. The Bertz CT molecular complexity index is 745. The van der Waals surface area contributed by atoms with Crippen LogP contribution in [0.25, 0.3) is 0 Å². The number of alkyl carbamates (subject to hydrolysis) is 1. The second kappa shape index (κ2) is 9.00. The van der Waals surface area contributed by atoms with E-state index in [1.54, 1.807) is 6.92 Å². The van der Waals surface area contributed by atoms with Gasteiger partial charge < -0.3 is 25.3 Å². The van der Waals surface area contributed by atoms with E-state index in [1.165, 1.54) is 12.1 Å². The SMILES string of the molecule is Cc1[nH]c(=O)ccc1C(O)C(O)CCNC(=O)OCc1ccccc1. The van der Waals surface area contributed by atoms with Crippen LogP contribution in [0.5, 0.6) is 0 Å². The minimum absolute atomic E-state index is 0.139. The number of hydrogen-bond acceptors (Lipinski definition) is 5. The van der Waals surface area contributed by atoms with E-state index in [2.05, 4.69) is 10.3 Å². The van der Waals surface area contributed by atoms with Crippen LogP contribution < -0.4 is 10.9 Å². The summed E-state index contributed by atoms with van der Waals surface area (Å²) in [5.74, 6) is 0. The molecule has 25 heavy (non-hydrogen) atoms. The average molecular weight is 346 g/mol. The Kier molecular flexibility index (Phi) is 6.73. The summed E-state index contributed by atoms with van der Waals surface area (Å²) in [7, 11) is 0. The van der Waals surface area contributed by atoms with Crippen molar-refractivity contribution < 1.29 is 19.7 Å². The number of aromatic nitrogens is 1. The number of pyridine rings is 1. The second-order valence-electron chi connectivity index (χ2n) is 5.69. The van der Waals surface area contributed by atoms with Crippen LogP contribution in [0.1, 0.15) is 29.3 Å². The van der Waals surface area contributed by atoms with Gasteiger partial charge in [0, 0.05) is 23.9 Å². The molecule has 0 saturated heterocycles. The van der Waals surface area contributed by atoms with Gasteiger partial charge in [-0.05, 0) is 25.0 Å². The molecule has 0 fully saturated rings. The molecule has 2 atom stereocenters. The predicted octanol–water partition coefficient (Wildman–Crippen LogP) is 1.39. The molecule has 0 saturated carbocycles. The fraction of sp³-hybridized carbons (Fsp3) is 0.333. The number of rotatable bonds is 7. The molecule has 4 N–H and O–H groups in total. The number of H-pyrrole nitrogens is 1. The maximum absolute atomic E-state index is 11.6. The molecule has 1 aromatic heterocycles. The maximum atomic E-state index is 11.6. The normalized spacial score (nSPS) is 13.1. The van der Waals surface area contributed by atoms with Crippen molar-refractivity contribution in [1.82, 2.24) is 10.3 Å². The molecule has 134 valence electrons. The third-order valence-corrected chi connectivity index (χ3v) is 3.76. The van der Waals surface area contributed by atoms with Crippen LogP contribution in [0.2, 0.25) is 0 Å². The number of aryl methyl sites for hydroxylation is 1. The highest BCUT2D eigenvalue weighted by Gasteiger charge is 2.20. The van der Waals surface area contributed by atoms with Gasteiger partial charge in [0.1, 0.15) is 12.7 Å². The van der Waals surface area contributed by atoms with Crippen molar-refractivity contribution >= 4 is 6.09 Å². The van der Waals surface area contributed by atoms with Crippen molar-refractivity contribution in [3.63, 3.8) is 0 Å². The van der Waals surface area contributed by atoms with E-state index < -0.39 is 18.3 Å². The third-order valence-electron chi connectivity index (χ3n) is 3.76. The van der Waals surface area contributed by atoms with Crippen molar-refractivity contribution in [3.8, 4) is 0 Å². The first-order valence-electron chi connectivity index (χ1n) is 7.98. The minimum Gasteiger partial charge on any atom is -0.445 e. The molecule has 0 aliphatic rings. The topological polar surface area (TPSA) is 112 Å². The van der Waals surface area contributed by atoms with E-state index in [9.17, 15) is 19.8 Å². The van der Waals surface area contributed by atoms with Crippen molar-refractivity contribution in [2.45, 2.75) is 32.2 Å². The van der Waals surface area contributed by atoms with Crippen LogP contribution in [0.15, 0.2) is 47.3 Å². The summed E-state index contributed by atoms with van der Waals surface area (Å²) < 4.78 is 5.05. The van der Waals surface area contributed by atoms with Crippen LogP contribution in [0, 0.1) is 6.92 Å². The Labute approximate surface area is 145 Å². The molecule has 0 bridgehead atoms. The van der Waals surface area contributed by atoms with Gasteiger partial charge in [0.15, 0.2) is 0 Å². The Morgan fingerprint density at radius 1 is 1.20 bits per heavy atom. The number of benzene rings is 1. The van der Waals surface area contributed by atoms with Crippen molar-refractivity contribution in [1.29, 1.82) is 0 Å². The van der Waals surface area contributed by atoms with Crippen molar-refractivity contribution in [2.75, 3.05) is 6.54 Å². The summed E-state index contributed by atoms with van der Waals surface area (Å²) in [6, 6.07) is 12.0. The van der Waals surface area contributed by atoms with Crippen LogP contribution in [-0.2, 0) is 11.3 Å². The first kappa shape index (κ1) is 18.7. The maximum Gasteiger partial charge on any atom is 0.407 e. The zero-order chi connectivity index (χ0) is 18.2. The molecular weight excluding hydrogens is 324 g/mol. The smallest absolute Gasteiger partial charge is 0.407 e. The molecule has 0 radical (unpaired) electrons. The van der Waals surface area contributed by atoms with Crippen molar-refractivity contribution in [3.05, 3.63) is 69.6 Å². The first-order chi connectivity index (χ1) is 12.0. The van der Waals surface area contributed by atoms with Crippen LogP contribution >= 0.6 is 0 Å². The average Bonchev–Trinajstić information content (AvgIpc) is 2.60. The summed E-state index contributed by atoms with van der Waals surface area (Å²) in [6.07, 6.45) is -2.69. The molecule has 0 aliphatic heterocycles. The van der Waals surface area contributed by atoms with Crippen LogP contribution in [0.3, 0.4) is 0 Å². The van der Waals surface area contributed by atoms with Gasteiger partial charge in [0.25, 0.3) is 0 Å². The Hall–Kier alpha value is -2.64. The lowest BCUT2D eigenvalue weighted by atomic mass is 10.0. The summed E-state index contributed by atoms with van der Waals surface area (Å²) in [5.41, 5.74) is 1.54. The number of aromatic amines is 1. The number of ether oxygens (including phenoxy) is 1. The zero-order valence-electron chi connectivity index (χ0n) is 13.9. The highest BCUT2D eigenvalue weighted by molar-refractivity contribution is 5.67. The summed E-state index contributed by atoms with van der Waals surface area (Å²) >= 11 is 0. The van der Waals surface area contributed by atoms with E-state index in [-0.39, 0.29) is 25.1 Å². The van der Waals surface area contributed by atoms with Gasteiger partial charge in [-0.3, -0.25) is 4.79 Å². The fourth-order valence-electron chi connectivity index (χ4n) is 2.37. The number of aliphatic hydroxyl groups is 2. The van der Waals surface area contributed by atoms with Gasteiger partial charge in [-0.2, -0.15) is 0 Å². The highest BCUT2D eigenvalue weighted by Crippen LogP contribution is 2.19. The number of carbonyl (C=O) groups is 1. The quantitative estimate of drug-likeness (QED) is 0.605. The van der Waals surface area contributed by atoms with Gasteiger partial charge in [0.05, 0.1) is 6.10 Å². The Morgan fingerprint density at radius 3 is 2.60 bits per heavy atom. The van der Waals surface area contributed by atoms with Gasteiger partial charge in [-0.15, -0.1) is 0 Å². The van der Waals surface area contributed by atoms with Crippen LogP contribution in [0.4, 0.5) is 4.79 Å².